The maximum Gasteiger partial charge on any atom is 0.395 e. The highest BCUT2D eigenvalue weighted by Crippen LogP contribution is 2.34. The number of hydrogen-bond acceptors (Lipinski definition) is 6. The lowest BCUT2D eigenvalue weighted by atomic mass is 10.0. The predicted molar refractivity (Wildman–Crippen MR) is 101 cm³/mol. The van der Waals surface area contributed by atoms with Gasteiger partial charge < -0.3 is 0 Å². The number of alkyl halides is 2. The van der Waals surface area contributed by atoms with Gasteiger partial charge in [-0.25, -0.2) is 8.42 Å². The van der Waals surface area contributed by atoms with Crippen LogP contribution >= 0.6 is 0 Å². The Balaban J connectivity index is 2.66. The number of oxime groups is 1. The van der Waals surface area contributed by atoms with Crippen LogP contribution in [-0.2, 0) is 24.2 Å². The molecule has 0 saturated heterocycles. The van der Waals surface area contributed by atoms with E-state index < -0.39 is 41.6 Å². The zero-order valence-corrected chi connectivity index (χ0v) is 16.8. The number of sulfone groups is 1. The molecule has 0 unspecified atom stereocenters. The maximum atomic E-state index is 15.2. The van der Waals surface area contributed by atoms with Gasteiger partial charge in [-0.05, 0) is 31.0 Å². The standard InChI is InChI=1S/C18H19F2NO5S2/c1-3-13-27(22,23)26-21-17(16-12-8-7-9-14(16)2)18(19,20)28(24,25)15-10-5-4-6-11-15/h4-12H,3,13H2,1-2H3. The fourth-order valence-corrected chi connectivity index (χ4v) is 4.33. The molecule has 0 N–H and O–H groups in total. The van der Waals surface area contributed by atoms with Crippen LogP contribution in [0.4, 0.5) is 8.78 Å². The van der Waals surface area contributed by atoms with Gasteiger partial charge in [0.2, 0.25) is 9.84 Å². The Kier molecular flexibility index (Phi) is 6.56. The smallest absolute Gasteiger partial charge is 0.268 e. The Bertz CT molecular complexity index is 1070. The monoisotopic (exact) mass is 431 g/mol. The Morgan fingerprint density at radius 2 is 1.57 bits per heavy atom. The van der Waals surface area contributed by atoms with Gasteiger partial charge in [0.1, 0.15) is 0 Å². The van der Waals surface area contributed by atoms with Gasteiger partial charge in [0, 0.05) is 5.56 Å². The zero-order chi connectivity index (χ0) is 21.0. The minimum atomic E-state index is -5.22. The molecule has 6 nitrogen and oxygen atoms in total. The van der Waals surface area contributed by atoms with E-state index in [9.17, 15) is 16.8 Å². The molecule has 2 aromatic rings. The minimum Gasteiger partial charge on any atom is -0.268 e. The van der Waals surface area contributed by atoms with Crippen molar-refractivity contribution in [1.29, 1.82) is 0 Å². The first kappa shape index (κ1) is 22.0. The van der Waals surface area contributed by atoms with Gasteiger partial charge >= 0.3 is 15.4 Å². The van der Waals surface area contributed by atoms with Crippen molar-refractivity contribution in [2.24, 2.45) is 5.16 Å². The number of benzene rings is 2. The van der Waals surface area contributed by atoms with Crippen molar-refractivity contribution in [3.63, 3.8) is 0 Å². The summed E-state index contributed by atoms with van der Waals surface area (Å²) in [6.07, 6.45) is 0.177. The van der Waals surface area contributed by atoms with Crippen LogP contribution in [0.25, 0.3) is 0 Å². The van der Waals surface area contributed by atoms with Gasteiger partial charge in [0.25, 0.3) is 0 Å². The summed E-state index contributed by atoms with van der Waals surface area (Å²) in [6, 6.07) is 11.8. The van der Waals surface area contributed by atoms with E-state index in [1.54, 1.807) is 13.0 Å². The summed E-state index contributed by atoms with van der Waals surface area (Å²) in [5.74, 6) is -0.450. The number of aryl methyl sites for hydroxylation is 1. The third kappa shape index (κ3) is 4.56. The van der Waals surface area contributed by atoms with E-state index in [2.05, 4.69) is 9.44 Å². The summed E-state index contributed by atoms with van der Waals surface area (Å²) in [4.78, 5) is -0.627. The second-order valence-electron chi connectivity index (χ2n) is 5.92. The highest BCUT2D eigenvalue weighted by molar-refractivity contribution is 7.93. The van der Waals surface area contributed by atoms with E-state index in [-0.39, 0.29) is 17.5 Å². The molecule has 0 aliphatic carbocycles. The van der Waals surface area contributed by atoms with E-state index in [0.717, 1.165) is 12.1 Å². The van der Waals surface area contributed by atoms with E-state index in [0.29, 0.717) is 0 Å². The Morgan fingerprint density at radius 1 is 1.00 bits per heavy atom. The molecule has 0 spiro atoms. The molecule has 0 radical (unpaired) electrons. The molecule has 152 valence electrons. The molecule has 2 rings (SSSR count). The molecule has 0 amide bonds. The van der Waals surface area contributed by atoms with Crippen molar-refractivity contribution in [2.45, 2.75) is 30.4 Å². The van der Waals surface area contributed by atoms with Gasteiger partial charge in [-0.2, -0.15) is 17.2 Å². The summed E-state index contributed by atoms with van der Waals surface area (Å²) in [5.41, 5.74) is -1.26. The summed E-state index contributed by atoms with van der Waals surface area (Å²) < 4.78 is 83.5. The minimum absolute atomic E-state index is 0.177. The number of rotatable bonds is 8. The molecule has 0 bridgehead atoms. The molecule has 0 heterocycles. The topological polar surface area (TPSA) is 89.9 Å². The highest BCUT2D eigenvalue weighted by Gasteiger charge is 2.52. The fourth-order valence-electron chi connectivity index (χ4n) is 2.35. The van der Waals surface area contributed by atoms with Crippen LogP contribution in [0.3, 0.4) is 0 Å². The van der Waals surface area contributed by atoms with Crippen LogP contribution in [0.1, 0.15) is 24.5 Å². The SMILES string of the molecule is CCCS(=O)(=O)ON=C(c1ccccc1C)C(F)(F)S(=O)(=O)c1ccccc1. The normalized spacial score (nSPS) is 13.4. The largest absolute Gasteiger partial charge is 0.395 e. The van der Waals surface area contributed by atoms with Crippen LogP contribution in [0.15, 0.2) is 64.6 Å². The quantitative estimate of drug-likeness (QED) is 0.471. The highest BCUT2D eigenvalue weighted by atomic mass is 32.2. The van der Waals surface area contributed by atoms with Gasteiger partial charge in [0.15, 0.2) is 5.71 Å². The Labute approximate surface area is 162 Å². The average Bonchev–Trinajstić information content (AvgIpc) is 2.63. The summed E-state index contributed by atoms with van der Waals surface area (Å²) >= 11 is 0. The summed E-state index contributed by atoms with van der Waals surface area (Å²) in [6.45, 7) is 3.03. The van der Waals surface area contributed by atoms with E-state index in [1.807, 2.05) is 0 Å². The second kappa shape index (κ2) is 8.36. The van der Waals surface area contributed by atoms with E-state index in [1.165, 1.54) is 43.3 Å². The first-order chi connectivity index (χ1) is 13.0. The fraction of sp³-hybridized carbons (Fsp3) is 0.278. The third-order valence-corrected chi connectivity index (χ3v) is 6.73. The first-order valence-electron chi connectivity index (χ1n) is 8.26. The van der Waals surface area contributed by atoms with E-state index in [4.69, 9.17) is 0 Å². The molecule has 0 aliphatic rings. The summed E-state index contributed by atoms with van der Waals surface area (Å²) in [7, 11) is -9.46. The number of hydrogen-bond donors (Lipinski definition) is 0. The van der Waals surface area contributed by atoms with Crippen molar-refractivity contribution < 1.29 is 29.9 Å². The average molecular weight is 431 g/mol. The molecular weight excluding hydrogens is 412 g/mol. The van der Waals surface area contributed by atoms with Gasteiger partial charge in [-0.3, -0.25) is 4.28 Å². The van der Waals surface area contributed by atoms with E-state index >= 15 is 8.78 Å². The lowest BCUT2D eigenvalue weighted by Gasteiger charge is -2.20. The molecule has 10 heteroatoms. The van der Waals surface area contributed by atoms with Gasteiger partial charge in [-0.15, -0.1) is 0 Å². The number of nitrogens with zero attached hydrogens (tertiary/aromatic N) is 1. The van der Waals surface area contributed by atoms with Crippen molar-refractivity contribution >= 4 is 25.7 Å². The Morgan fingerprint density at radius 3 is 2.14 bits per heavy atom. The first-order valence-corrected chi connectivity index (χ1v) is 11.3. The lowest BCUT2D eigenvalue weighted by Crippen LogP contribution is -2.39. The molecule has 0 saturated carbocycles. The van der Waals surface area contributed by atoms with Crippen molar-refractivity contribution in [3.8, 4) is 0 Å². The maximum absolute atomic E-state index is 15.2. The lowest BCUT2D eigenvalue weighted by molar-refractivity contribution is 0.164. The third-order valence-electron chi connectivity index (χ3n) is 3.76. The van der Waals surface area contributed by atoms with Crippen molar-refractivity contribution in [1.82, 2.24) is 0 Å². The molecule has 0 atom stereocenters. The number of halogens is 2. The van der Waals surface area contributed by atoms with Crippen LogP contribution in [0.2, 0.25) is 0 Å². The van der Waals surface area contributed by atoms with Crippen molar-refractivity contribution in [3.05, 3.63) is 65.7 Å². The molecule has 0 fully saturated rings. The molecule has 28 heavy (non-hydrogen) atoms. The van der Waals surface area contributed by atoms with Crippen molar-refractivity contribution in [2.75, 3.05) is 5.75 Å². The van der Waals surface area contributed by atoms with Crippen LogP contribution in [0.5, 0.6) is 0 Å². The van der Waals surface area contributed by atoms with Crippen LogP contribution in [0, 0.1) is 6.92 Å². The van der Waals surface area contributed by atoms with Crippen LogP contribution in [-0.4, -0.2) is 33.6 Å². The molecule has 0 aromatic heterocycles. The van der Waals surface area contributed by atoms with Crippen LogP contribution < -0.4 is 0 Å². The second-order valence-corrected chi connectivity index (χ2v) is 9.59. The zero-order valence-electron chi connectivity index (χ0n) is 15.2. The van der Waals surface area contributed by atoms with Gasteiger partial charge in [-0.1, -0.05) is 54.5 Å². The Hall–Kier alpha value is -2.33. The predicted octanol–water partition coefficient (Wildman–Crippen LogP) is 3.52. The molecular formula is C18H19F2NO5S2. The molecule has 0 aliphatic heterocycles. The van der Waals surface area contributed by atoms with Gasteiger partial charge in [0.05, 0.1) is 10.6 Å². The molecule has 2 aromatic carbocycles. The summed E-state index contributed by atoms with van der Waals surface area (Å²) in [5, 5.41) is -1.43.